The molecule has 1 heterocycles. The van der Waals surface area contributed by atoms with Crippen molar-refractivity contribution in [2.75, 3.05) is 13.2 Å². The van der Waals surface area contributed by atoms with Gasteiger partial charge in [-0.3, -0.25) is 9.59 Å². The Bertz CT molecular complexity index is 438. The van der Waals surface area contributed by atoms with E-state index in [4.69, 9.17) is 10.2 Å². The summed E-state index contributed by atoms with van der Waals surface area (Å²) in [5, 5.41) is 16.2. The molecular weight excluding hydrogens is 296 g/mol. The Morgan fingerprint density at radius 1 is 1.26 bits per heavy atom. The van der Waals surface area contributed by atoms with Crippen LogP contribution in [-0.2, 0) is 22.6 Å². The topological polar surface area (TPSA) is 104 Å². The van der Waals surface area contributed by atoms with Gasteiger partial charge in [0.2, 0.25) is 12.3 Å². The number of benzene rings is 1. The van der Waals surface area contributed by atoms with Gasteiger partial charge in [-0.25, -0.2) is 0 Å². The third-order valence-electron chi connectivity index (χ3n) is 2.81. The fraction of sp³-hybridized carbons (Fsp3) is 0.529. The molecule has 1 aliphatic heterocycles. The predicted molar refractivity (Wildman–Crippen MR) is 91.6 cm³/mol. The number of nitrogens with zero attached hydrogens (tertiary/aromatic N) is 1. The highest BCUT2D eigenvalue weighted by Gasteiger charge is 2.12. The summed E-state index contributed by atoms with van der Waals surface area (Å²) in [4.78, 5) is 22.0. The minimum Gasteiger partial charge on any atom is -0.393 e. The molecule has 0 radical (unpaired) electrons. The van der Waals surface area contributed by atoms with Crippen molar-refractivity contribution in [3.8, 4) is 0 Å². The van der Waals surface area contributed by atoms with E-state index in [1.807, 2.05) is 38.7 Å². The molecule has 4 N–H and O–H groups in total. The highest BCUT2D eigenvalue weighted by molar-refractivity contribution is 5.78. The number of hydrogen-bond acceptors (Lipinski definition) is 4. The zero-order valence-corrected chi connectivity index (χ0v) is 14.5. The summed E-state index contributed by atoms with van der Waals surface area (Å²) in [6.07, 6.45) is 0.519. The SMILES string of the molecule is CC.CC.NC(=O)C(O)CO.O=CN1CCc2ccccc2C1. The van der Waals surface area contributed by atoms with E-state index in [0.29, 0.717) is 0 Å². The largest absolute Gasteiger partial charge is 0.393 e. The van der Waals surface area contributed by atoms with Gasteiger partial charge >= 0.3 is 0 Å². The molecule has 0 saturated carbocycles. The highest BCUT2D eigenvalue weighted by atomic mass is 16.3. The zero-order valence-electron chi connectivity index (χ0n) is 14.5. The average molecular weight is 326 g/mol. The lowest BCUT2D eigenvalue weighted by Crippen LogP contribution is -2.30. The lowest BCUT2D eigenvalue weighted by molar-refractivity contribution is -0.127. The van der Waals surface area contributed by atoms with Gasteiger partial charge in [-0.2, -0.15) is 0 Å². The second-order valence-corrected chi connectivity index (χ2v) is 4.20. The molecule has 6 heteroatoms. The number of amides is 2. The number of nitrogens with two attached hydrogens (primary N) is 1. The maximum Gasteiger partial charge on any atom is 0.248 e. The highest BCUT2D eigenvalue weighted by Crippen LogP contribution is 2.16. The molecule has 132 valence electrons. The van der Waals surface area contributed by atoms with Crippen LogP contribution in [0.2, 0.25) is 0 Å². The summed E-state index contributed by atoms with van der Waals surface area (Å²) >= 11 is 0. The zero-order chi connectivity index (χ0) is 18.3. The van der Waals surface area contributed by atoms with Gasteiger partial charge in [-0.15, -0.1) is 0 Å². The third-order valence-corrected chi connectivity index (χ3v) is 2.81. The van der Waals surface area contributed by atoms with Crippen LogP contribution in [0.1, 0.15) is 38.8 Å². The number of carbonyl (C=O) groups is 2. The second-order valence-electron chi connectivity index (χ2n) is 4.20. The molecule has 0 bridgehead atoms. The van der Waals surface area contributed by atoms with Crippen molar-refractivity contribution in [3.63, 3.8) is 0 Å². The number of rotatable bonds is 3. The first kappa shape index (κ1) is 23.3. The van der Waals surface area contributed by atoms with Gasteiger partial charge < -0.3 is 20.8 Å². The van der Waals surface area contributed by atoms with Crippen LogP contribution >= 0.6 is 0 Å². The Kier molecular flexibility index (Phi) is 15.2. The van der Waals surface area contributed by atoms with Crippen molar-refractivity contribution in [2.24, 2.45) is 5.73 Å². The van der Waals surface area contributed by atoms with E-state index in [1.54, 1.807) is 0 Å². The van der Waals surface area contributed by atoms with Crippen LogP contribution < -0.4 is 5.73 Å². The summed E-state index contributed by atoms with van der Waals surface area (Å²) in [5.41, 5.74) is 7.17. The van der Waals surface area contributed by atoms with E-state index in [2.05, 4.69) is 23.9 Å². The molecule has 0 spiro atoms. The molecule has 0 aromatic heterocycles. The van der Waals surface area contributed by atoms with Gasteiger partial charge in [0, 0.05) is 13.1 Å². The van der Waals surface area contributed by atoms with Crippen LogP contribution in [0.4, 0.5) is 0 Å². The number of aliphatic hydroxyl groups excluding tert-OH is 2. The molecule has 2 rings (SSSR count). The molecule has 6 nitrogen and oxygen atoms in total. The number of fused-ring (bicyclic) bond motifs is 1. The third kappa shape index (κ3) is 9.65. The van der Waals surface area contributed by atoms with E-state index in [0.717, 1.165) is 25.9 Å². The van der Waals surface area contributed by atoms with Gasteiger partial charge in [-0.1, -0.05) is 52.0 Å². The van der Waals surface area contributed by atoms with E-state index in [1.165, 1.54) is 11.1 Å². The molecule has 0 fully saturated rings. The standard InChI is InChI=1S/C10H11NO.C3H7NO3.2C2H6/c12-8-11-6-5-9-3-1-2-4-10(9)7-11;4-3(7)2(6)1-5;2*1-2/h1-4,8H,5-7H2;2,5-6H,1H2,(H2,4,7);2*1-2H3. The number of hydrogen-bond donors (Lipinski definition) is 3. The lowest BCUT2D eigenvalue weighted by atomic mass is 10.0. The Morgan fingerprint density at radius 3 is 2.17 bits per heavy atom. The predicted octanol–water partition coefficient (Wildman–Crippen LogP) is 1.08. The monoisotopic (exact) mass is 326 g/mol. The molecule has 1 atom stereocenters. The molecule has 1 aromatic rings. The van der Waals surface area contributed by atoms with E-state index >= 15 is 0 Å². The van der Waals surface area contributed by atoms with E-state index in [9.17, 15) is 9.59 Å². The van der Waals surface area contributed by atoms with Crippen molar-refractivity contribution in [2.45, 2.75) is 46.8 Å². The maximum atomic E-state index is 10.5. The minimum atomic E-state index is -1.40. The molecule has 1 aliphatic rings. The van der Waals surface area contributed by atoms with Gasteiger partial charge in [-0.05, 0) is 17.5 Å². The van der Waals surface area contributed by atoms with E-state index < -0.39 is 18.6 Å². The summed E-state index contributed by atoms with van der Waals surface area (Å²) in [7, 11) is 0. The van der Waals surface area contributed by atoms with Crippen LogP contribution in [-0.4, -0.2) is 46.7 Å². The van der Waals surface area contributed by atoms with Crippen molar-refractivity contribution < 1.29 is 19.8 Å². The average Bonchev–Trinajstić information content (AvgIpc) is 2.64. The van der Waals surface area contributed by atoms with Crippen molar-refractivity contribution in [1.82, 2.24) is 4.90 Å². The Labute approximate surface area is 138 Å². The fourth-order valence-electron chi connectivity index (χ4n) is 1.70. The fourth-order valence-corrected chi connectivity index (χ4v) is 1.70. The van der Waals surface area contributed by atoms with Crippen LogP contribution in [0.3, 0.4) is 0 Å². The smallest absolute Gasteiger partial charge is 0.248 e. The van der Waals surface area contributed by atoms with Gasteiger partial charge in [0.1, 0.15) is 0 Å². The molecule has 1 aromatic carbocycles. The number of primary amides is 1. The van der Waals surface area contributed by atoms with Crippen LogP contribution in [0, 0.1) is 0 Å². The van der Waals surface area contributed by atoms with Crippen molar-refractivity contribution in [3.05, 3.63) is 35.4 Å². The summed E-state index contributed by atoms with van der Waals surface area (Å²) in [6.45, 7) is 9.04. The van der Waals surface area contributed by atoms with Gasteiger partial charge in [0.25, 0.3) is 0 Å². The van der Waals surface area contributed by atoms with E-state index in [-0.39, 0.29) is 0 Å². The molecule has 2 amide bonds. The summed E-state index contributed by atoms with van der Waals surface area (Å²) in [5.74, 6) is -0.900. The summed E-state index contributed by atoms with van der Waals surface area (Å²) in [6, 6.07) is 8.30. The molecule has 23 heavy (non-hydrogen) atoms. The van der Waals surface area contributed by atoms with Crippen LogP contribution in [0.15, 0.2) is 24.3 Å². The molecule has 1 unspecified atom stereocenters. The number of aliphatic hydroxyl groups is 2. The first-order valence-corrected chi connectivity index (χ1v) is 7.92. The first-order chi connectivity index (χ1) is 11.1. The van der Waals surface area contributed by atoms with Crippen molar-refractivity contribution >= 4 is 12.3 Å². The number of carbonyl (C=O) groups excluding carboxylic acids is 2. The molecular formula is C17H30N2O4. The first-order valence-electron chi connectivity index (χ1n) is 7.92. The van der Waals surface area contributed by atoms with Gasteiger partial charge in [0.15, 0.2) is 6.10 Å². The van der Waals surface area contributed by atoms with Crippen LogP contribution in [0.5, 0.6) is 0 Å². The quantitative estimate of drug-likeness (QED) is 0.723. The molecule has 0 aliphatic carbocycles. The Balaban J connectivity index is 0. The maximum absolute atomic E-state index is 10.5. The van der Waals surface area contributed by atoms with Crippen molar-refractivity contribution in [1.29, 1.82) is 0 Å². The van der Waals surface area contributed by atoms with Gasteiger partial charge in [0.05, 0.1) is 6.61 Å². The molecule has 0 saturated heterocycles. The minimum absolute atomic E-state index is 0.602. The summed E-state index contributed by atoms with van der Waals surface area (Å²) < 4.78 is 0. The second kappa shape index (κ2) is 15.0. The Hall–Kier alpha value is -1.92. The lowest BCUT2D eigenvalue weighted by Gasteiger charge is -2.24. The normalized spacial score (nSPS) is 12.7. The van der Waals surface area contributed by atoms with Crippen LogP contribution in [0.25, 0.3) is 0 Å². The Morgan fingerprint density at radius 2 is 1.78 bits per heavy atom.